The fraction of sp³-hybridized carbons (Fsp3) is 0.684. The van der Waals surface area contributed by atoms with Crippen molar-refractivity contribution in [3.05, 3.63) is 68.8 Å². The van der Waals surface area contributed by atoms with Crippen molar-refractivity contribution < 1.29 is 0 Å². The second-order valence-corrected chi connectivity index (χ2v) is 49.3. The van der Waals surface area contributed by atoms with Crippen LogP contribution < -0.4 is 0 Å². The monoisotopic (exact) mass is 1890 g/mol. The zero-order chi connectivity index (χ0) is 43.1. The van der Waals surface area contributed by atoms with E-state index in [1.165, 1.54) is 44.5 Å². The molecule has 0 amide bonds. The Labute approximate surface area is 496 Å². The van der Waals surface area contributed by atoms with E-state index in [4.69, 9.17) is 46.4 Å². The lowest BCUT2D eigenvalue weighted by molar-refractivity contribution is 0.952. The van der Waals surface area contributed by atoms with Crippen LogP contribution in [0.3, 0.4) is 0 Å². The minimum atomic E-state index is 0.0708. The van der Waals surface area contributed by atoms with E-state index in [2.05, 4.69) is 279 Å². The first-order valence-electron chi connectivity index (χ1n) is 18.1. The Morgan fingerprint density at radius 2 is 0.345 bits per heavy atom. The SMILES string of the molecule is BrC1(Br)C[C@@H]1c1cc([C@H]2CC2(Br)Br)c([C@H]2CC2(Br)Br)cc1[C@H]1CC1(Br)Br.BrC1(Br)C[C@H]1c1cc([C@@H]2CC2(Br)Br)c([C@@H]2CC2(Br)Br)cc1[C@@H]1CC1(Br)Br.ClCCl.ClCCl. The molecule has 2 aromatic rings. The highest BCUT2D eigenvalue weighted by molar-refractivity contribution is 9.27. The van der Waals surface area contributed by atoms with Crippen molar-refractivity contribution in [1.29, 1.82) is 0 Å². The van der Waals surface area contributed by atoms with Gasteiger partial charge in [0.1, 0.15) is 0 Å². The van der Waals surface area contributed by atoms with Crippen LogP contribution in [-0.2, 0) is 0 Å². The van der Waals surface area contributed by atoms with E-state index in [-0.39, 0.29) is 36.5 Å². The molecular weight excluding hydrogens is 1880 g/mol. The number of alkyl halides is 20. The first-order valence-corrected chi connectivity index (χ1v) is 32.9. The summed E-state index contributed by atoms with van der Waals surface area (Å²) in [6, 6.07) is 10.1. The van der Waals surface area contributed by atoms with Crippen molar-refractivity contribution in [3.63, 3.8) is 0 Å². The van der Waals surface area contributed by atoms with Crippen LogP contribution in [0.25, 0.3) is 0 Å². The van der Waals surface area contributed by atoms with Crippen LogP contribution in [0.15, 0.2) is 24.3 Å². The van der Waals surface area contributed by atoms with Gasteiger partial charge in [-0.15, -0.1) is 46.4 Å². The molecule has 0 aliphatic heterocycles. The molecule has 8 fully saturated rings. The van der Waals surface area contributed by atoms with Gasteiger partial charge in [0.25, 0.3) is 0 Å². The summed E-state index contributed by atoms with van der Waals surface area (Å²) in [6.07, 6.45) is 9.16. The summed E-state index contributed by atoms with van der Waals surface area (Å²) in [5.41, 5.74) is 12.1. The second kappa shape index (κ2) is 18.7. The first kappa shape index (κ1) is 53.1. The lowest BCUT2D eigenvalue weighted by Gasteiger charge is -2.19. The maximum Gasteiger partial charge on any atom is 0.0967 e. The molecule has 0 unspecified atom stereocenters. The van der Waals surface area contributed by atoms with Crippen LogP contribution in [0.4, 0.5) is 0 Å². The molecule has 58 heavy (non-hydrogen) atoms. The van der Waals surface area contributed by atoms with Gasteiger partial charge in [0.2, 0.25) is 0 Å². The summed E-state index contributed by atoms with van der Waals surface area (Å²) < 4.78 is 0.566. The average molecular weight is 1910 g/mol. The average Bonchev–Trinajstić information content (AvgIpc) is 3.77. The summed E-state index contributed by atoms with van der Waals surface area (Å²) in [5, 5.41) is 0.389. The Hall–Kier alpha value is 7.28. The number of hydrogen-bond donors (Lipinski definition) is 0. The summed E-state index contributed by atoms with van der Waals surface area (Å²) in [7, 11) is 0. The van der Waals surface area contributed by atoms with Gasteiger partial charge in [-0.05, 0) is 95.9 Å². The molecule has 0 radical (unpaired) electrons. The van der Waals surface area contributed by atoms with Gasteiger partial charge in [-0.1, -0.05) is 279 Å². The topological polar surface area (TPSA) is 0 Å². The minimum Gasteiger partial charge on any atom is -0.109 e. The smallest absolute Gasteiger partial charge is 0.0967 e. The third-order valence-corrected chi connectivity index (χ3v) is 26.2. The maximum absolute atomic E-state index is 4.76. The Morgan fingerprint density at radius 3 is 0.397 bits per heavy atom. The highest BCUT2D eigenvalue weighted by Crippen LogP contribution is 2.74. The highest BCUT2D eigenvalue weighted by atomic mass is 79.9. The fourth-order valence-corrected chi connectivity index (χ4v) is 17.3. The Bertz CT molecular complexity index is 1550. The van der Waals surface area contributed by atoms with Crippen molar-refractivity contribution in [2.24, 2.45) is 0 Å². The largest absolute Gasteiger partial charge is 0.109 e. The molecule has 324 valence electrons. The first-order chi connectivity index (χ1) is 26.5. The summed E-state index contributed by atoms with van der Waals surface area (Å²) in [4.78, 5) is 0. The maximum atomic E-state index is 4.76. The molecular formula is C38H32Br16Cl4. The molecule has 0 bridgehead atoms. The van der Waals surface area contributed by atoms with E-state index in [1.807, 2.05) is 0 Å². The molecule has 8 atom stereocenters. The zero-order valence-electron chi connectivity index (χ0n) is 29.6. The molecule has 0 N–H and O–H groups in total. The van der Waals surface area contributed by atoms with Crippen LogP contribution in [0.1, 0.15) is 143 Å². The van der Waals surface area contributed by atoms with Gasteiger partial charge < -0.3 is 0 Å². The molecule has 0 nitrogen and oxygen atoms in total. The zero-order valence-corrected chi connectivity index (χ0v) is 58.0. The standard InChI is InChI=1S/2C18H14Br8.2CH2Cl2/c2*19-15(20)3-11(15)7-1-8(12-4-16(12,21)22)10(14-6-18(14,25)26)2-9(7)13-5-17(13,23)24;2*2-1-3/h2*1-2,11-14H,3-6H2;2*1H2/t2*11-,12-,13-,14-;;/m10../s1. The molecule has 8 saturated carbocycles. The lowest BCUT2D eigenvalue weighted by Crippen LogP contribution is -2.05. The van der Waals surface area contributed by atoms with Crippen LogP contribution in [0.2, 0.25) is 0 Å². The van der Waals surface area contributed by atoms with Crippen molar-refractivity contribution in [1.82, 2.24) is 0 Å². The molecule has 8 aliphatic rings. The van der Waals surface area contributed by atoms with E-state index in [1.54, 1.807) is 0 Å². The molecule has 20 heteroatoms. The lowest BCUT2D eigenvalue weighted by atomic mass is 9.89. The molecule has 0 heterocycles. The molecule has 8 aliphatic carbocycles. The van der Waals surface area contributed by atoms with Crippen LogP contribution in [-0.4, -0.2) is 36.5 Å². The quantitative estimate of drug-likeness (QED) is 0.231. The van der Waals surface area contributed by atoms with E-state index in [9.17, 15) is 0 Å². The van der Waals surface area contributed by atoms with Gasteiger partial charge in [-0.25, -0.2) is 0 Å². The Morgan fingerprint density at radius 1 is 0.276 bits per heavy atom. The van der Waals surface area contributed by atoms with Gasteiger partial charge in [0.05, 0.1) is 36.5 Å². The Kier molecular flexibility index (Phi) is 17.1. The van der Waals surface area contributed by atoms with Crippen molar-refractivity contribution >= 4 is 301 Å². The number of hydrogen-bond acceptors (Lipinski definition) is 0. The second-order valence-electron chi connectivity index (χ2n) is 16.6. The normalized spacial score (nSPS) is 35.9. The van der Waals surface area contributed by atoms with Crippen molar-refractivity contribution in [3.8, 4) is 0 Å². The van der Waals surface area contributed by atoms with Crippen molar-refractivity contribution in [2.45, 2.75) is 125 Å². The van der Waals surface area contributed by atoms with Gasteiger partial charge in [-0.3, -0.25) is 0 Å². The van der Waals surface area contributed by atoms with Gasteiger partial charge >= 0.3 is 0 Å². The van der Waals surface area contributed by atoms with Crippen LogP contribution in [0.5, 0.6) is 0 Å². The highest BCUT2D eigenvalue weighted by Gasteiger charge is 2.62. The fourth-order valence-electron chi connectivity index (χ4n) is 8.16. The van der Waals surface area contributed by atoms with Gasteiger partial charge in [0, 0.05) is 47.3 Å². The predicted octanol–water partition coefficient (Wildman–Crippen LogP) is 22.0. The number of halogens is 20. The summed E-state index contributed by atoms with van der Waals surface area (Å²) in [5.74, 6) is 4.31. The van der Waals surface area contributed by atoms with Crippen LogP contribution in [0, 0.1) is 0 Å². The van der Waals surface area contributed by atoms with Crippen LogP contribution >= 0.6 is 301 Å². The minimum absolute atomic E-state index is 0.0708. The third-order valence-electron chi connectivity index (χ3n) is 12.2. The summed E-state index contributed by atoms with van der Waals surface area (Å²) in [6.45, 7) is 0. The predicted molar refractivity (Wildman–Crippen MR) is 310 cm³/mol. The van der Waals surface area contributed by atoms with E-state index >= 15 is 0 Å². The van der Waals surface area contributed by atoms with E-state index in [0.717, 1.165) is 51.4 Å². The molecule has 10 rings (SSSR count). The van der Waals surface area contributed by atoms with Gasteiger partial charge in [-0.2, -0.15) is 0 Å². The van der Waals surface area contributed by atoms with E-state index in [0.29, 0.717) is 47.3 Å². The van der Waals surface area contributed by atoms with Crippen molar-refractivity contribution in [2.75, 3.05) is 10.7 Å². The van der Waals surface area contributed by atoms with E-state index < -0.39 is 0 Å². The van der Waals surface area contributed by atoms with Gasteiger partial charge in [0.15, 0.2) is 0 Å². The third kappa shape index (κ3) is 12.0. The number of benzene rings is 2. The molecule has 2 aromatic carbocycles. The molecule has 0 saturated heterocycles. The molecule has 0 aromatic heterocycles. The summed E-state index contributed by atoms with van der Waals surface area (Å²) >= 11 is 80.8. The molecule has 0 spiro atoms. The number of rotatable bonds is 8. The Balaban J connectivity index is 0.000000156.